The van der Waals surface area contributed by atoms with Crippen molar-refractivity contribution in [1.82, 2.24) is 20.0 Å². The normalized spacial score (nSPS) is 17.1. The third kappa shape index (κ3) is 4.04. The Morgan fingerprint density at radius 1 is 1.13 bits per heavy atom. The molecule has 23 heavy (non-hydrogen) atoms. The Bertz CT molecular complexity index is 666. The topological polar surface area (TPSA) is 45.4 Å². The summed E-state index contributed by atoms with van der Waals surface area (Å²) >= 11 is 12.1. The molecule has 0 radical (unpaired) electrons. The third-order valence-electron chi connectivity index (χ3n) is 4.12. The lowest BCUT2D eigenvalue weighted by molar-refractivity contribution is 0.0979. The zero-order valence-electron chi connectivity index (χ0n) is 13.3. The van der Waals surface area contributed by atoms with Crippen molar-refractivity contribution in [2.75, 3.05) is 26.2 Å². The maximum absolute atomic E-state index is 6.18. The number of hydrogen-bond donors (Lipinski definition) is 0. The SMILES string of the molecule is CC(C)N1CCN(Cc2nnc(-c3ccc(Cl)cc3Cl)o2)CC1. The van der Waals surface area contributed by atoms with Crippen LogP contribution in [0.2, 0.25) is 10.0 Å². The Morgan fingerprint density at radius 3 is 2.52 bits per heavy atom. The van der Waals surface area contributed by atoms with Crippen molar-refractivity contribution in [2.45, 2.75) is 26.4 Å². The molecule has 0 atom stereocenters. The van der Waals surface area contributed by atoms with Gasteiger partial charge in [-0.3, -0.25) is 9.80 Å². The van der Waals surface area contributed by atoms with E-state index in [4.69, 9.17) is 27.6 Å². The van der Waals surface area contributed by atoms with E-state index in [-0.39, 0.29) is 0 Å². The van der Waals surface area contributed by atoms with E-state index in [1.165, 1.54) is 0 Å². The van der Waals surface area contributed by atoms with Crippen LogP contribution < -0.4 is 0 Å². The highest BCUT2D eigenvalue weighted by molar-refractivity contribution is 6.36. The van der Waals surface area contributed by atoms with Crippen molar-refractivity contribution in [3.05, 3.63) is 34.1 Å². The molecule has 3 rings (SSSR count). The van der Waals surface area contributed by atoms with Gasteiger partial charge in [0.1, 0.15) is 0 Å². The molecule has 0 saturated carbocycles. The van der Waals surface area contributed by atoms with Gasteiger partial charge in [0.25, 0.3) is 0 Å². The number of rotatable bonds is 4. The van der Waals surface area contributed by atoms with Gasteiger partial charge in [-0.15, -0.1) is 10.2 Å². The summed E-state index contributed by atoms with van der Waals surface area (Å²) in [6.07, 6.45) is 0. The zero-order valence-corrected chi connectivity index (χ0v) is 14.8. The summed E-state index contributed by atoms with van der Waals surface area (Å²) in [7, 11) is 0. The molecule has 7 heteroatoms. The van der Waals surface area contributed by atoms with Crippen LogP contribution in [-0.2, 0) is 6.54 Å². The maximum atomic E-state index is 6.18. The summed E-state index contributed by atoms with van der Waals surface area (Å²) in [5.41, 5.74) is 0.708. The van der Waals surface area contributed by atoms with E-state index in [0.29, 0.717) is 40.0 Å². The lowest BCUT2D eigenvalue weighted by Crippen LogP contribution is -2.48. The number of piperazine rings is 1. The highest BCUT2D eigenvalue weighted by Gasteiger charge is 2.21. The molecular formula is C16H20Cl2N4O. The molecule has 0 aliphatic carbocycles. The monoisotopic (exact) mass is 354 g/mol. The minimum atomic E-state index is 0.433. The lowest BCUT2D eigenvalue weighted by atomic mass is 10.2. The predicted molar refractivity (Wildman–Crippen MR) is 91.7 cm³/mol. The van der Waals surface area contributed by atoms with Crippen LogP contribution in [0.4, 0.5) is 0 Å². The molecule has 1 aliphatic rings. The van der Waals surface area contributed by atoms with E-state index in [1.54, 1.807) is 18.2 Å². The molecule has 1 aromatic heterocycles. The molecule has 1 aliphatic heterocycles. The first-order chi connectivity index (χ1) is 11.0. The molecule has 2 heterocycles. The minimum Gasteiger partial charge on any atom is -0.419 e. The van der Waals surface area contributed by atoms with Gasteiger partial charge in [-0.25, -0.2) is 0 Å². The number of benzene rings is 1. The van der Waals surface area contributed by atoms with Crippen molar-refractivity contribution >= 4 is 23.2 Å². The Labute approximate surface area is 146 Å². The summed E-state index contributed by atoms with van der Waals surface area (Å²) in [5, 5.41) is 9.34. The number of halogens is 2. The fraction of sp³-hybridized carbons (Fsp3) is 0.500. The molecule has 0 unspecified atom stereocenters. The Balaban J connectivity index is 1.64. The van der Waals surface area contributed by atoms with Crippen molar-refractivity contribution in [3.8, 4) is 11.5 Å². The van der Waals surface area contributed by atoms with Gasteiger partial charge >= 0.3 is 0 Å². The van der Waals surface area contributed by atoms with Crippen LogP contribution in [-0.4, -0.2) is 52.2 Å². The fourth-order valence-corrected chi connectivity index (χ4v) is 3.21. The predicted octanol–water partition coefficient (Wildman–Crippen LogP) is 3.57. The Hall–Kier alpha value is -1.14. The van der Waals surface area contributed by atoms with Crippen LogP contribution in [0.15, 0.2) is 22.6 Å². The van der Waals surface area contributed by atoms with Gasteiger partial charge in [-0.1, -0.05) is 23.2 Å². The van der Waals surface area contributed by atoms with Gasteiger partial charge in [0, 0.05) is 37.2 Å². The zero-order chi connectivity index (χ0) is 16.4. The molecule has 1 fully saturated rings. The average molecular weight is 355 g/mol. The standard InChI is InChI=1S/C16H20Cl2N4O/c1-11(2)22-7-5-21(6-8-22)10-15-19-20-16(23-15)13-4-3-12(17)9-14(13)18/h3-4,9,11H,5-8,10H2,1-2H3. The first-order valence-corrected chi connectivity index (χ1v) is 8.52. The maximum Gasteiger partial charge on any atom is 0.249 e. The second kappa shape index (κ2) is 7.18. The smallest absolute Gasteiger partial charge is 0.249 e. The molecule has 5 nitrogen and oxygen atoms in total. The molecule has 124 valence electrons. The van der Waals surface area contributed by atoms with Crippen LogP contribution in [0.3, 0.4) is 0 Å². The minimum absolute atomic E-state index is 0.433. The molecule has 1 aromatic carbocycles. The fourth-order valence-electron chi connectivity index (χ4n) is 2.72. The second-order valence-corrected chi connectivity index (χ2v) is 6.87. The van der Waals surface area contributed by atoms with Crippen molar-refractivity contribution in [3.63, 3.8) is 0 Å². The molecule has 0 N–H and O–H groups in total. The molecule has 0 bridgehead atoms. The number of aromatic nitrogens is 2. The highest BCUT2D eigenvalue weighted by Crippen LogP contribution is 2.29. The Morgan fingerprint density at radius 2 is 1.87 bits per heavy atom. The second-order valence-electron chi connectivity index (χ2n) is 6.03. The van der Waals surface area contributed by atoms with Crippen LogP contribution in [0.25, 0.3) is 11.5 Å². The summed E-state index contributed by atoms with van der Waals surface area (Å²) in [4.78, 5) is 4.81. The summed E-state index contributed by atoms with van der Waals surface area (Å²) in [6.45, 7) is 9.30. The van der Waals surface area contributed by atoms with E-state index < -0.39 is 0 Å². The van der Waals surface area contributed by atoms with E-state index >= 15 is 0 Å². The van der Waals surface area contributed by atoms with E-state index in [2.05, 4.69) is 33.8 Å². The quantitative estimate of drug-likeness (QED) is 0.839. The van der Waals surface area contributed by atoms with Crippen LogP contribution in [0.5, 0.6) is 0 Å². The largest absolute Gasteiger partial charge is 0.419 e. The van der Waals surface area contributed by atoms with Gasteiger partial charge in [0.2, 0.25) is 11.8 Å². The lowest BCUT2D eigenvalue weighted by Gasteiger charge is -2.36. The molecule has 1 saturated heterocycles. The van der Waals surface area contributed by atoms with Crippen LogP contribution >= 0.6 is 23.2 Å². The molecule has 2 aromatic rings. The first-order valence-electron chi connectivity index (χ1n) is 7.77. The van der Waals surface area contributed by atoms with E-state index in [1.807, 2.05) is 0 Å². The van der Waals surface area contributed by atoms with Crippen molar-refractivity contribution in [1.29, 1.82) is 0 Å². The van der Waals surface area contributed by atoms with Gasteiger partial charge in [-0.2, -0.15) is 0 Å². The Kier molecular flexibility index (Phi) is 5.21. The summed E-state index contributed by atoms with van der Waals surface area (Å²) in [6, 6.07) is 5.83. The van der Waals surface area contributed by atoms with Gasteiger partial charge in [0.05, 0.1) is 17.1 Å². The summed E-state index contributed by atoms with van der Waals surface area (Å²) < 4.78 is 5.76. The van der Waals surface area contributed by atoms with Crippen LogP contribution in [0, 0.1) is 0 Å². The average Bonchev–Trinajstić information content (AvgIpc) is 2.96. The van der Waals surface area contributed by atoms with E-state index in [9.17, 15) is 0 Å². The first kappa shape index (κ1) is 16.7. The summed E-state index contributed by atoms with van der Waals surface area (Å²) in [5.74, 6) is 1.05. The number of nitrogens with zero attached hydrogens (tertiary/aromatic N) is 4. The van der Waals surface area contributed by atoms with Gasteiger partial charge in [-0.05, 0) is 32.0 Å². The molecule has 0 spiro atoms. The van der Waals surface area contributed by atoms with E-state index in [0.717, 1.165) is 26.2 Å². The van der Waals surface area contributed by atoms with Gasteiger partial charge < -0.3 is 4.42 Å². The molecule has 0 amide bonds. The number of hydrogen-bond acceptors (Lipinski definition) is 5. The van der Waals surface area contributed by atoms with Gasteiger partial charge in [0.15, 0.2) is 0 Å². The van der Waals surface area contributed by atoms with Crippen molar-refractivity contribution < 1.29 is 4.42 Å². The van der Waals surface area contributed by atoms with Crippen LogP contribution in [0.1, 0.15) is 19.7 Å². The van der Waals surface area contributed by atoms with Crippen molar-refractivity contribution in [2.24, 2.45) is 0 Å². The highest BCUT2D eigenvalue weighted by atomic mass is 35.5. The third-order valence-corrected chi connectivity index (χ3v) is 4.67. The molecular weight excluding hydrogens is 335 g/mol.